The van der Waals surface area contributed by atoms with Crippen molar-refractivity contribution in [1.82, 2.24) is 5.32 Å². The lowest BCUT2D eigenvalue weighted by atomic mass is 10.0. The highest BCUT2D eigenvalue weighted by molar-refractivity contribution is 8.06. The van der Waals surface area contributed by atoms with Crippen LogP contribution in [0.4, 0.5) is 4.39 Å². The molecule has 2 rings (SSSR count). The van der Waals surface area contributed by atoms with Gasteiger partial charge in [-0.25, -0.2) is 4.39 Å². The minimum absolute atomic E-state index is 0.121. The van der Waals surface area contributed by atoms with Crippen LogP contribution in [0.1, 0.15) is 11.6 Å². The van der Waals surface area contributed by atoms with Crippen LogP contribution in [-0.4, -0.2) is 29.6 Å². The van der Waals surface area contributed by atoms with Crippen molar-refractivity contribution in [2.75, 3.05) is 24.3 Å². The first kappa shape index (κ1) is 13.5. The molecule has 1 saturated heterocycles. The maximum atomic E-state index is 13.3. The summed E-state index contributed by atoms with van der Waals surface area (Å²) in [6, 6.07) is 4.71. The third kappa shape index (κ3) is 3.31. The monoisotopic (exact) mass is 291 g/mol. The molecular weight excluding hydrogens is 277 g/mol. The zero-order valence-electron chi connectivity index (χ0n) is 9.58. The molecule has 1 fully saturated rings. The molecule has 0 aliphatic carbocycles. The van der Waals surface area contributed by atoms with Crippen molar-refractivity contribution in [2.45, 2.75) is 11.3 Å². The molecule has 1 aromatic rings. The van der Waals surface area contributed by atoms with E-state index < -0.39 is 0 Å². The third-order valence-corrected chi connectivity index (χ3v) is 6.03. The van der Waals surface area contributed by atoms with Crippen molar-refractivity contribution in [1.29, 1.82) is 0 Å². The summed E-state index contributed by atoms with van der Waals surface area (Å²) < 4.78 is 13.3. The third-order valence-electron chi connectivity index (χ3n) is 2.82. The first-order chi connectivity index (χ1) is 8.22. The van der Waals surface area contributed by atoms with E-state index in [2.05, 4.69) is 5.32 Å². The Balaban J connectivity index is 2.24. The van der Waals surface area contributed by atoms with Crippen molar-refractivity contribution in [2.24, 2.45) is 0 Å². The Kier molecular flexibility index (Phi) is 5.03. The van der Waals surface area contributed by atoms with Gasteiger partial charge in [-0.3, -0.25) is 0 Å². The van der Waals surface area contributed by atoms with E-state index >= 15 is 0 Å². The average Bonchev–Trinajstić information content (AvgIpc) is 2.36. The zero-order chi connectivity index (χ0) is 12.3. The Morgan fingerprint density at radius 2 is 2.29 bits per heavy atom. The van der Waals surface area contributed by atoms with Gasteiger partial charge in [0, 0.05) is 33.6 Å². The van der Waals surface area contributed by atoms with E-state index in [1.807, 2.05) is 30.6 Å². The average molecular weight is 292 g/mol. The van der Waals surface area contributed by atoms with Gasteiger partial charge in [0.25, 0.3) is 0 Å². The molecule has 0 saturated carbocycles. The van der Waals surface area contributed by atoms with Crippen LogP contribution >= 0.6 is 35.1 Å². The summed E-state index contributed by atoms with van der Waals surface area (Å²) in [5.41, 5.74) is 0.870. The standard InChI is InChI=1S/C12H15ClFNS2/c1-15-12(11-7-16-4-5-17-11)9-6-8(14)2-3-10(9)13/h2-3,6,11-12,15H,4-5,7H2,1H3. The van der Waals surface area contributed by atoms with E-state index in [4.69, 9.17) is 11.6 Å². The predicted molar refractivity (Wildman–Crippen MR) is 76.8 cm³/mol. The van der Waals surface area contributed by atoms with Crippen LogP contribution < -0.4 is 5.32 Å². The van der Waals surface area contributed by atoms with Crippen molar-refractivity contribution < 1.29 is 4.39 Å². The lowest BCUT2D eigenvalue weighted by Crippen LogP contribution is -2.31. The fraction of sp³-hybridized carbons (Fsp3) is 0.500. The van der Waals surface area contributed by atoms with Crippen molar-refractivity contribution >= 4 is 35.1 Å². The first-order valence-electron chi connectivity index (χ1n) is 5.54. The van der Waals surface area contributed by atoms with Crippen molar-refractivity contribution in [3.05, 3.63) is 34.6 Å². The molecule has 5 heteroatoms. The van der Waals surface area contributed by atoms with Crippen molar-refractivity contribution in [3.63, 3.8) is 0 Å². The first-order valence-corrected chi connectivity index (χ1v) is 8.12. The zero-order valence-corrected chi connectivity index (χ0v) is 12.0. The number of nitrogens with one attached hydrogen (secondary N) is 1. The minimum atomic E-state index is -0.224. The normalized spacial score (nSPS) is 22.4. The highest BCUT2D eigenvalue weighted by atomic mass is 35.5. The number of hydrogen-bond donors (Lipinski definition) is 1. The van der Waals surface area contributed by atoms with Gasteiger partial charge in [0.2, 0.25) is 0 Å². The van der Waals surface area contributed by atoms with Crippen LogP contribution in [0, 0.1) is 5.82 Å². The fourth-order valence-corrected chi connectivity index (χ4v) is 5.13. The smallest absolute Gasteiger partial charge is 0.123 e. The summed E-state index contributed by atoms with van der Waals surface area (Å²) in [6.07, 6.45) is 0. The second kappa shape index (κ2) is 6.32. The van der Waals surface area contributed by atoms with E-state index in [1.165, 1.54) is 11.8 Å². The molecule has 1 aliphatic rings. The van der Waals surface area contributed by atoms with Gasteiger partial charge in [0.1, 0.15) is 5.82 Å². The Hall–Kier alpha value is 0.1000. The molecule has 94 valence electrons. The SMILES string of the molecule is CNC(c1cc(F)ccc1Cl)C1CSCCS1. The summed E-state index contributed by atoms with van der Waals surface area (Å²) in [4.78, 5) is 0. The highest BCUT2D eigenvalue weighted by Crippen LogP contribution is 2.36. The molecule has 0 radical (unpaired) electrons. The number of thioether (sulfide) groups is 2. The van der Waals surface area contributed by atoms with Crippen LogP contribution in [0.3, 0.4) is 0 Å². The molecule has 17 heavy (non-hydrogen) atoms. The Labute approximate surface area is 115 Å². The lowest BCUT2D eigenvalue weighted by molar-refractivity contribution is 0.578. The number of halogens is 2. The molecule has 0 aromatic heterocycles. The molecule has 2 unspecified atom stereocenters. The molecule has 0 bridgehead atoms. The predicted octanol–water partition coefficient (Wildman–Crippen LogP) is 3.59. The van der Waals surface area contributed by atoms with Crippen LogP contribution in [-0.2, 0) is 0 Å². The number of rotatable bonds is 3. The molecule has 1 heterocycles. The molecular formula is C12H15ClFNS2. The molecule has 1 nitrogen and oxygen atoms in total. The largest absolute Gasteiger partial charge is 0.312 e. The highest BCUT2D eigenvalue weighted by Gasteiger charge is 2.26. The van der Waals surface area contributed by atoms with Crippen LogP contribution in [0.25, 0.3) is 0 Å². The summed E-state index contributed by atoms with van der Waals surface area (Å²) in [7, 11) is 1.91. The summed E-state index contributed by atoms with van der Waals surface area (Å²) in [5, 5.41) is 4.37. The molecule has 2 atom stereocenters. The van der Waals surface area contributed by atoms with Crippen LogP contribution in [0.5, 0.6) is 0 Å². The van der Waals surface area contributed by atoms with E-state index in [9.17, 15) is 4.39 Å². The van der Waals surface area contributed by atoms with E-state index in [-0.39, 0.29) is 11.9 Å². The van der Waals surface area contributed by atoms with Gasteiger partial charge in [0.15, 0.2) is 0 Å². The van der Waals surface area contributed by atoms with Gasteiger partial charge in [-0.1, -0.05) is 11.6 Å². The summed E-state index contributed by atoms with van der Waals surface area (Å²) >= 11 is 10.1. The number of hydrogen-bond acceptors (Lipinski definition) is 3. The Morgan fingerprint density at radius 3 is 2.94 bits per heavy atom. The van der Waals surface area contributed by atoms with E-state index in [0.717, 1.165) is 17.1 Å². The Morgan fingerprint density at radius 1 is 1.47 bits per heavy atom. The molecule has 1 aromatic carbocycles. The second-order valence-electron chi connectivity index (χ2n) is 3.92. The van der Waals surface area contributed by atoms with Gasteiger partial charge >= 0.3 is 0 Å². The quantitative estimate of drug-likeness (QED) is 0.914. The van der Waals surface area contributed by atoms with Crippen molar-refractivity contribution in [3.8, 4) is 0 Å². The summed E-state index contributed by atoms with van der Waals surface area (Å²) in [6.45, 7) is 0. The van der Waals surface area contributed by atoms with E-state index in [0.29, 0.717) is 10.3 Å². The van der Waals surface area contributed by atoms with Gasteiger partial charge in [0.05, 0.1) is 0 Å². The summed E-state index contributed by atoms with van der Waals surface area (Å²) in [5.74, 6) is 3.22. The maximum absolute atomic E-state index is 13.3. The fourth-order valence-electron chi connectivity index (χ4n) is 1.99. The number of benzene rings is 1. The Bertz CT molecular complexity index is 383. The molecule has 1 aliphatic heterocycles. The van der Waals surface area contributed by atoms with Gasteiger partial charge in [-0.05, 0) is 30.8 Å². The topological polar surface area (TPSA) is 12.0 Å². The minimum Gasteiger partial charge on any atom is -0.312 e. The van der Waals surface area contributed by atoms with Gasteiger partial charge < -0.3 is 5.32 Å². The van der Waals surface area contributed by atoms with Crippen LogP contribution in [0.15, 0.2) is 18.2 Å². The van der Waals surface area contributed by atoms with Gasteiger partial charge in [-0.15, -0.1) is 0 Å². The van der Waals surface area contributed by atoms with E-state index in [1.54, 1.807) is 12.1 Å². The van der Waals surface area contributed by atoms with Crippen LogP contribution in [0.2, 0.25) is 5.02 Å². The molecule has 0 spiro atoms. The van der Waals surface area contributed by atoms with Gasteiger partial charge in [-0.2, -0.15) is 23.5 Å². The molecule has 1 N–H and O–H groups in total. The molecule has 0 amide bonds. The second-order valence-corrected chi connectivity index (χ2v) is 6.82. The lowest BCUT2D eigenvalue weighted by Gasteiger charge is -2.30. The maximum Gasteiger partial charge on any atom is 0.123 e.